The zero-order valence-corrected chi connectivity index (χ0v) is 9.13. The molecule has 6 nitrogen and oxygen atoms in total. The molecule has 6 heteroatoms. The first-order chi connectivity index (χ1) is 8.24. The molecule has 0 bridgehead atoms. The van der Waals surface area contributed by atoms with Gasteiger partial charge >= 0.3 is 5.97 Å². The summed E-state index contributed by atoms with van der Waals surface area (Å²) in [4.78, 5) is 10.9. The van der Waals surface area contributed by atoms with Crippen LogP contribution in [0.1, 0.15) is 29.0 Å². The minimum Gasteiger partial charge on any atom is -0.478 e. The van der Waals surface area contributed by atoms with Crippen LogP contribution in [0.3, 0.4) is 0 Å². The molecule has 2 aromatic heterocycles. The van der Waals surface area contributed by atoms with Gasteiger partial charge in [0, 0.05) is 12.2 Å². The van der Waals surface area contributed by atoms with Gasteiger partial charge in [-0.25, -0.2) is 4.79 Å². The lowest BCUT2D eigenvalue weighted by molar-refractivity contribution is 0.0696. The highest BCUT2D eigenvalue weighted by Gasteiger charge is 2.21. The van der Waals surface area contributed by atoms with E-state index in [0.29, 0.717) is 18.2 Å². The Labute approximate surface area is 97.3 Å². The Hall–Kier alpha value is -1.95. The fourth-order valence-corrected chi connectivity index (χ4v) is 1.71. The summed E-state index contributed by atoms with van der Waals surface area (Å²) >= 11 is 0. The van der Waals surface area contributed by atoms with E-state index in [-0.39, 0.29) is 5.56 Å². The molecular formula is C11H12N4O2. The van der Waals surface area contributed by atoms with Crippen molar-refractivity contribution in [2.75, 3.05) is 0 Å². The molecule has 0 aliphatic heterocycles. The van der Waals surface area contributed by atoms with Crippen LogP contribution >= 0.6 is 0 Å². The van der Waals surface area contributed by atoms with Crippen molar-refractivity contribution < 1.29 is 9.90 Å². The van der Waals surface area contributed by atoms with Gasteiger partial charge in [-0.2, -0.15) is 0 Å². The van der Waals surface area contributed by atoms with E-state index >= 15 is 0 Å². The smallest absolute Gasteiger partial charge is 0.337 e. The summed E-state index contributed by atoms with van der Waals surface area (Å²) < 4.78 is 1.72. The van der Waals surface area contributed by atoms with Crippen LogP contribution in [0.2, 0.25) is 0 Å². The van der Waals surface area contributed by atoms with Crippen LogP contribution < -0.4 is 5.32 Å². The lowest BCUT2D eigenvalue weighted by Crippen LogP contribution is -2.17. The van der Waals surface area contributed by atoms with Crippen molar-refractivity contribution in [1.82, 2.24) is 19.9 Å². The Kier molecular flexibility index (Phi) is 2.29. The van der Waals surface area contributed by atoms with E-state index in [1.54, 1.807) is 16.7 Å². The molecule has 0 radical (unpaired) electrons. The number of aromatic nitrogens is 3. The van der Waals surface area contributed by atoms with Gasteiger partial charge in [0.25, 0.3) is 0 Å². The molecule has 2 N–H and O–H groups in total. The summed E-state index contributed by atoms with van der Waals surface area (Å²) in [6, 6.07) is 3.78. The third-order valence-corrected chi connectivity index (χ3v) is 2.85. The Bertz CT molecular complexity index is 574. The summed E-state index contributed by atoms with van der Waals surface area (Å²) in [6.45, 7) is 0.620. The van der Waals surface area contributed by atoms with Crippen LogP contribution in [0, 0.1) is 0 Å². The summed E-state index contributed by atoms with van der Waals surface area (Å²) in [5, 5.41) is 20.3. The lowest BCUT2D eigenvalue weighted by atomic mass is 10.3. The second-order valence-corrected chi connectivity index (χ2v) is 4.22. The van der Waals surface area contributed by atoms with Gasteiger partial charge in [-0.15, -0.1) is 10.2 Å². The highest BCUT2D eigenvalue weighted by Crippen LogP contribution is 2.19. The Morgan fingerprint density at radius 3 is 3.00 bits per heavy atom. The van der Waals surface area contributed by atoms with E-state index in [9.17, 15) is 4.79 Å². The van der Waals surface area contributed by atoms with E-state index in [0.717, 1.165) is 5.82 Å². The topological polar surface area (TPSA) is 79.5 Å². The van der Waals surface area contributed by atoms with Crippen LogP contribution in [0.4, 0.5) is 0 Å². The molecule has 1 aliphatic carbocycles. The van der Waals surface area contributed by atoms with Crippen molar-refractivity contribution in [2.45, 2.75) is 25.4 Å². The number of nitrogens with zero attached hydrogens (tertiary/aromatic N) is 3. The van der Waals surface area contributed by atoms with E-state index in [1.807, 2.05) is 0 Å². The van der Waals surface area contributed by atoms with Crippen molar-refractivity contribution in [2.24, 2.45) is 0 Å². The number of pyridine rings is 1. The number of carboxylic acids is 1. The van der Waals surface area contributed by atoms with Crippen molar-refractivity contribution in [3.05, 3.63) is 29.7 Å². The molecule has 0 atom stereocenters. The quantitative estimate of drug-likeness (QED) is 0.810. The first kappa shape index (κ1) is 10.2. The Balaban J connectivity index is 1.93. The maximum atomic E-state index is 10.9. The minimum atomic E-state index is -0.943. The number of aromatic carboxylic acids is 1. The average Bonchev–Trinajstić information content (AvgIpc) is 3.06. The van der Waals surface area contributed by atoms with E-state index in [4.69, 9.17) is 5.11 Å². The van der Waals surface area contributed by atoms with Gasteiger partial charge in [-0.05, 0) is 25.0 Å². The van der Waals surface area contributed by atoms with Gasteiger partial charge in [0.05, 0.1) is 12.1 Å². The molecule has 1 fully saturated rings. The van der Waals surface area contributed by atoms with Crippen LogP contribution in [0.15, 0.2) is 18.3 Å². The van der Waals surface area contributed by atoms with Gasteiger partial charge in [0.2, 0.25) is 0 Å². The van der Waals surface area contributed by atoms with Crippen molar-refractivity contribution in [3.8, 4) is 0 Å². The monoisotopic (exact) mass is 232 g/mol. The van der Waals surface area contributed by atoms with E-state index in [1.165, 1.54) is 18.9 Å². The minimum absolute atomic E-state index is 0.241. The number of fused-ring (bicyclic) bond motifs is 1. The second kappa shape index (κ2) is 3.81. The molecule has 0 unspecified atom stereocenters. The molecule has 88 valence electrons. The SMILES string of the molecule is O=C(O)c1ccc2nnc(CNC3CC3)n2c1. The third-order valence-electron chi connectivity index (χ3n) is 2.85. The number of carbonyl (C=O) groups is 1. The van der Waals surface area contributed by atoms with Crippen LogP contribution in [0.25, 0.3) is 5.65 Å². The van der Waals surface area contributed by atoms with Crippen molar-refractivity contribution in [1.29, 1.82) is 0 Å². The molecule has 0 amide bonds. The normalized spacial score (nSPS) is 15.3. The molecule has 3 rings (SSSR count). The van der Waals surface area contributed by atoms with Crippen molar-refractivity contribution in [3.63, 3.8) is 0 Å². The van der Waals surface area contributed by atoms with Crippen molar-refractivity contribution >= 4 is 11.6 Å². The molecule has 0 saturated heterocycles. The molecule has 2 aromatic rings. The molecule has 1 saturated carbocycles. The highest BCUT2D eigenvalue weighted by atomic mass is 16.4. The number of hydrogen-bond donors (Lipinski definition) is 2. The average molecular weight is 232 g/mol. The zero-order chi connectivity index (χ0) is 11.8. The third kappa shape index (κ3) is 1.99. The lowest BCUT2D eigenvalue weighted by Gasteiger charge is -2.02. The zero-order valence-electron chi connectivity index (χ0n) is 9.13. The number of carboxylic acid groups (broad SMARTS) is 1. The Morgan fingerprint density at radius 1 is 1.47 bits per heavy atom. The summed E-state index contributed by atoms with van der Waals surface area (Å²) in [5.74, 6) is -0.197. The molecule has 1 aliphatic rings. The van der Waals surface area contributed by atoms with Crippen LogP contribution in [-0.4, -0.2) is 31.7 Å². The van der Waals surface area contributed by atoms with Gasteiger partial charge in [0.15, 0.2) is 11.5 Å². The maximum absolute atomic E-state index is 10.9. The molecule has 2 heterocycles. The molecule has 0 spiro atoms. The van der Waals surface area contributed by atoms with E-state index in [2.05, 4.69) is 15.5 Å². The first-order valence-electron chi connectivity index (χ1n) is 5.54. The van der Waals surface area contributed by atoms with Crippen LogP contribution in [0.5, 0.6) is 0 Å². The first-order valence-corrected chi connectivity index (χ1v) is 5.54. The van der Waals surface area contributed by atoms with Gasteiger partial charge in [-0.3, -0.25) is 4.40 Å². The van der Waals surface area contributed by atoms with Crippen LogP contribution in [-0.2, 0) is 6.54 Å². The molecular weight excluding hydrogens is 220 g/mol. The molecule has 17 heavy (non-hydrogen) atoms. The number of hydrogen-bond acceptors (Lipinski definition) is 4. The summed E-state index contributed by atoms with van der Waals surface area (Å²) in [6.07, 6.45) is 3.97. The second-order valence-electron chi connectivity index (χ2n) is 4.22. The Morgan fingerprint density at radius 2 is 2.29 bits per heavy atom. The summed E-state index contributed by atoms with van der Waals surface area (Å²) in [5.41, 5.74) is 0.910. The molecule has 0 aromatic carbocycles. The predicted octanol–water partition coefficient (Wildman–Crippen LogP) is 0.679. The summed E-state index contributed by atoms with van der Waals surface area (Å²) in [7, 11) is 0. The highest BCUT2D eigenvalue weighted by molar-refractivity contribution is 5.87. The van der Waals surface area contributed by atoms with Gasteiger partial charge < -0.3 is 10.4 Å². The maximum Gasteiger partial charge on any atom is 0.337 e. The standard InChI is InChI=1S/C11H12N4O2/c16-11(17)7-1-4-9-13-14-10(15(9)6-7)5-12-8-2-3-8/h1,4,6,8,12H,2-3,5H2,(H,16,17). The largest absolute Gasteiger partial charge is 0.478 e. The van der Waals surface area contributed by atoms with E-state index < -0.39 is 5.97 Å². The van der Waals surface area contributed by atoms with Gasteiger partial charge in [-0.1, -0.05) is 0 Å². The fourth-order valence-electron chi connectivity index (χ4n) is 1.71. The number of nitrogens with one attached hydrogen (secondary N) is 1. The fraction of sp³-hybridized carbons (Fsp3) is 0.364. The number of rotatable bonds is 4. The van der Waals surface area contributed by atoms with Gasteiger partial charge in [0.1, 0.15) is 0 Å². The predicted molar refractivity (Wildman–Crippen MR) is 59.8 cm³/mol.